The van der Waals surface area contributed by atoms with Crippen LogP contribution in [-0.4, -0.2) is 19.7 Å². The molecule has 0 spiro atoms. The van der Waals surface area contributed by atoms with Gasteiger partial charge in [-0.3, -0.25) is 0 Å². The fourth-order valence-electron chi connectivity index (χ4n) is 13.1. The Morgan fingerprint density at radius 1 is 0.338 bits per heavy atom. The minimum absolute atomic E-state index is 0.0929. The van der Waals surface area contributed by atoms with E-state index < -0.39 is 36.9 Å². The van der Waals surface area contributed by atoms with Crippen molar-refractivity contribution < 1.29 is 45.7 Å². The summed E-state index contributed by atoms with van der Waals surface area (Å²) in [6.07, 6.45) is 0. The number of hydrogen-bond acceptors (Lipinski definition) is 2. The standard InChI is InChI=1S/C64H50I2O2/c1-63(2)47-21-13-9-17-37(47)39-27-25-35(29-49(39)63)43-31-53-57(59-41-19-11-15-23-55(41)67-61(43)59)45-33-52-46(34-51(45)65(53,5)6)58-54(66(52,7)8)32-44(62-60(58)42-20-12-16-24-56(42)68-62)36-26-28-40-38-18-10-14-22-48(38)64(3,4)50(40)30-36/h9-34H,1-8H3/q-2. The molecule has 2 aliphatic carbocycles. The van der Waals surface area contributed by atoms with Gasteiger partial charge in [-0.1, -0.05) is 0 Å². The third-order valence-corrected chi connectivity index (χ3v) is 31.7. The van der Waals surface area contributed by atoms with E-state index in [9.17, 15) is 0 Å². The summed E-state index contributed by atoms with van der Waals surface area (Å²) in [4.78, 5) is 10.5. The molecular weight excluding hydrogens is 1050 g/mol. The summed E-state index contributed by atoms with van der Waals surface area (Å²) in [7, 11) is 0. The molecule has 2 aliphatic heterocycles. The molecule has 0 unspecified atom stereocenters. The zero-order valence-corrected chi connectivity index (χ0v) is 43.9. The average Bonchev–Trinajstić information content (AvgIpc) is 4.13. The van der Waals surface area contributed by atoms with Gasteiger partial charge in [0.25, 0.3) is 0 Å². The molecule has 68 heavy (non-hydrogen) atoms. The van der Waals surface area contributed by atoms with E-state index in [0.29, 0.717) is 0 Å². The van der Waals surface area contributed by atoms with Crippen molar-refractivity contribution in [1.29, 1.82) is 0 Å². The van der Waals surface area contributed by atoms with E-state index in [1.165, 1.54) is 111 Å². The molecule has 334 valence electrons. The van der Waals surface area contributed by atoms with Gasteiger partial charge in [0.05, 0.1) is 0 Å². The van der Waals surface area contributed by atoms with Crippen LogP contribution < -0.4 is 36.9 Å². The van der Waals surface area contributed by atoms with Gasteiger partial charge in [0.1, 0.15) is 0 Å². The molecule has 9 aromatic carbocycles. The molecule has 11 aromatic rings. The Kier molecular flexibility index (Phi) is 7.65. The van der Waals surface area contributed by atoms with Gasteiger partial charge in [0.15, 0.2) is 0 Å². The number of halogens is 2. The second-order valence-electron chi connectivity index (χ2n) is 21.3. The molecule has 4 aliphatic rings. The van der Waals surface area contributed by atoms with Crippen LogP contribution in [0.2, 0.25) is 0 Å². The zero-order valence-electron chi connectivity index (χ0n) is 39.6. The molecule has 15 rings (SSSR count). The van der Waals surface area contributed by atoms with E-state index in [1.54, 1.807) is 14.3 Å². The summed E-state index contributed by atoms with van der Waals surface area (Å²) in [5.74, 6) is 0. The molecule has 0 N–H and O–H groups in total. The minimum atomic E-state index is -2.90. The van der Waals surface area contributed by atoms with Crippen LogP contribution in [0.25, 0.3) is 111 Å². The predicted molar refractivity (Wildman–Crippen MR) is 276 cm³/mol. The van der Waals surface area contributed by atoms with Gasteiger partial charge in [0.2, 0.25) is 0 Å². The number of rotatable bonds is 2. The summed E-state index contributed by atoms with van der Waals surface area (Å²) in [5, 5.41) is 4.97. The first-order valence-electron chi connectivity index (χ1n) is 23.7. The summed E-state index contributed by atoms with van der Waals surface area (Å²) in [6, 6.07) is 60.3. The fraction of sp³-hybridized carbons (Fsp3) is 0.156. The molecule has 0 atom stereocenters. The molecule has 0 saturated heterocycles. The van der Waals surface area contributed by atoms with Crippen molar-refractivity contribution in [3.63, 3.8) is 0 Å². The van der Waals surface area contributed by atoms with Gasteiger partial charge >= 0.3 is 409 Å². The normalized spacial score (nSPS) is 17.6. The van der Waals surface area contributed by atoms with Crippen molar-refractivity contribution in [1.82, 2.24) is 0 Å². The summed E-state index contributed by atoms with van der Waals surface area (Å²) in [6.45, 7) is 9.53. The molecular formula is C64H50I2O2-2. The molecule has 4 heterocycles. The Hall–Kier alpha value is -5.96. The topological polar surface area (TPSA) is 26.3 Å². The maximum absolute atomic E-state index is 7.08. The Labute approximate surface area is 405 Å². The zero-order chi connectivity index (χ0) is 46.0. The summed E-state index contributed by atoms with van der Waals surface area (Å²) in [5.41, 5.74) is 25.3. The van der Waals surface area contributed by atoms with E-state index in [1.807, 2.05) is 0 Å². The van der Waals surface area contributed by atoms with E-state index >= 15 is 0 Å². The first-order chi connectivity index (χ1) is 32.7. The van der Waals surface area contributed by atoms with E-state index in [-0.39, 0.29) is 10.8 Å². The first kappa shape index (κ1) is 40.0. The van der Waals surface area contributed by atoms with Gasteiger partial charge in [-0.25, -0.2) is 0 Å². The van der Waals surface area contributed by atoms with Crippen molar-refractivity contribution in [3.05, 3.63) is 194 Å². The van der Waals surface area contributed by atoms with Crippen LogP contribution in [0.4, 0.5) is 0 Å². The van der Waals surface area contributed by atoms with Gasteiger partial charge in [-0.05, 0) is 0 Å². The molecule has 0 bridgehead atoms. The van der Waals surface area contributed by atoms with Gasteiger partial charge < -0.3 is 0 Å². The number of fused-ring (bicyclic) bond motifs is 20. The molecule has 0 amide bonds. The van der Waals surface area contributed by atoms with Crippen molar-refractivity contribution in [2.75, 3.05) is 19.7 Å². The monoisotopic (exact) mass is 1100 g/mol. The quantitative estimate of drug-likeness (QED) is 0.127. The fourth-order valence-corrected chi connectivity index (χ4v) is 26.3. The second kappa shape index (κ2) is 13.0. The first-order valence-corrected chi connectivity index (χ1v) is 36.6. The average molecular weight is 1100 g/mol. The maximum atomic E-state index is 7.08. The number of hydrogen-bond donors (Lipinski definition) is 0. The third kappa shape index (κ3) is 4.84. The van der Waals surface area contributed by atoms with Crippen LogP contribution in [0, 0.1) is 14.3 Å². The Balaban J connectivity index is 0.961. The molecule has 0 fully saturated rings. The van der Waals surface area contributed by atoms with E-state index in [4.69, 9.17) is 8.83 Å². The molecule has 0 radical (unpaired) electrons. The number of benzene rings is 9. The molecule has 0 saturated carbocycles. The number of furan rings is 2. The van der Waals surface area contributed by atoms with Gasteiger partial charge in [-0.2, -0.15) is 0 Å². The Morgan fingerprint density at radius 2 is 0.706 bits per heavy atom. The molecule has 2 nitrogen and oxygen atoms in total. The number of para-hydroxylation sites is 2. The van der Waals surface area contributed by atoms with Crippen LogP contribution in [0.5, 0.6) is 0 Å². The van der Waals surface area contributed by atoms with Crippen LogP contribution in [0.15, 0.2) is 167 Å². The van der Waals surface area contributed by atoms with Crippen molar-refractivity contribution in [2.45, 2.75) is 38.5 Å². The van der Waals surface area contributed by atoms with Gasteiger partial charge in [0, 0.05) is 0 Å². The summed E-state index contributed by atoms with van der Waals surface area (Å²) >= 11 is -5.79. The van der Waals surface area contributed by atoms with Gasteiger partial charge in [-0.15, -0.1) is 0 Å². The third-order valence-electron chi connectivity index (χ3n) is 16.6. The predicted octanol–water partition coefficient (Wildman–Crippen LogP) is 10.3. The van der Waals surface area contributed by atoms with Crippen molar-refractivity contribution in [3.8, 4) is 66.8 Å². The van der Waals surface area contributed by atoms with Crippen LogP contribution in [0.3, 0.4) is 0 Å². The second-order valence-corrected chi connectivity index (χ2v) is 40.0. The van der Waals surface area contributed by atoms with Crippen LogP contribution in [-0.2, 0) is 10.8 Å². The molecule has 2 aromatic heterocycles. The van der Waals surface area contributed by atoms with E-state index in [0.717, 1.165) is 22.3 Å². The van der Waals surface area contributed by atoms with E-state index in [2.05, 4.69) is 205 Å². The van der Waals surface area contributed by atoms with Crippen LogP contribution >= 0.6 is 0 Å². The SMILES string of the molecule is CC1(C)c2ccccc2-c2ccc(-c3cc4c(c5c3oc3ccccc35)-c3cc5c(cc3[I-]4(C)C)-c3c(cc(-c4ccc6c(c4)C(C)(C)c4ccccc4-6)c4oc6ccccc6c34)[I-]5(C)C)cc21. The van der Waals surface area contributed by atoms with Crippen molar-refractivity contribution in [2.24, 2.45) is 0 Å². The summed E-state index contributed by atoms with van der Waals surface area (Å²) < 4.78 is 20.4. The Morgan fingerprint density at radius 3 is 1.15 bits per heavy atom. The number of alkyl halides is 4. The molecule has 4 heteroatoms. The van der Waals surface area contributed by atoms with Crippen LogP contribution in [0.1, 0.15) is 49.9 Å². The van der Waals surface area contributed by atoms with Crippen molar-refractivity contribution >= 4 is 43.9 Å². The Bertz CT molecular complexity index is 3880.